The van der Waals surface area contributed by atoms with Crippen LogP contribution in [-0.2, 0) is 18.5 Å². The molecule has 0 unspecified atom stereocenters. The number of fused-ring (bicyclic) bond motifs is 6. The topological polar surface area (TPSA) is 61.4 Å². The first kappa shape index (κ1) is 50.6. The molecule has 0 N–H and O–H groups in total. The lowest BCUT2D eigenvalue weighted by atomic mass is 9.95. The van der Waals surface area contributed by atoms with E-state index in [9.17, 15) is 39.5 Å². The fraction of sp³-hybridized carbons (Fsp3) is 0.0606. The zero-order chi connectivity index (χ0) is 56.0. The van der Waals surface area contributed by atoms with Gasteiger partial charge in [0.05, 0.1) is 50.1 Å². The number of pyridine rings is 1. The lowest BCUT2D eigenvalue weighted by Gasteiger charge is -2.19. The fourth-order valence-corrected chi connectivity index (χ4v) is 11.0. The predicted molar refractivity (Wildman–Crippen MR) is 299 cm³/mol. The molecule has 396 valence electrons. The Kier molecular flexibility index (Phi) is 12.0. The van der Waals surface area contributed by atoms with Gasteiger partial charge in [0, 0.05) is 61.8 Å². The molecule has 0 aliphatic heterocycles. The van der Waals surface area contributed by atoms with Crippen LogP contribution in [0.4, 0.5) is 39.5 Å². The van der Waals surface area contributed by atoms with Crippen molar-refractivity contribution < 1.29 is 39.5 Å². The summed E-state index contributed by atoms with van der Waals surface area (Å²) in [5.74, 6) is 1.20. The van der Waals surface area contributed by atoms with Gasteiger partial charge in [-0.2, -0.15) is 39.5 Å². The van der Waals surface area contributed by atoms with Crippen LogP contribution in [0.25, 0.3) is 123 Å². The van der Waals surface area contributed by atoms with Gasteiger partial charge in [-0.25, -0.2) is 15.0 Å². The summed E-state index contributed by atoms with van der Waals surface area (Å²) in [7, 11) is 0. The van der Waals surface area contributed by atoms with Gasteiger partial charge in [0.2, 0.25) is 0 Å². The van der Waals surface area contributed by atoms with E-state index in [1.165, 1.54) is 12.1 Å². The molecule has 0 saturated heterocycles. The minimum Gasteiger partial charge on any atom is -0.309 e. The van der Waals surface area contributed by atoms with E-state index in [4.69, 9.17) is 19.9 Å². The molecule has 0 bridgehead atoms. The molecule has 0 spiro atoms. The first-order valence-electron chi connectivity index (χ1n) is 25.5. The molecule has 4 heterocycles. The first-order chi connectivity index (χ1) is 39.0. The molecule has 0 amide bonds. The molecular weight excluding hydrogens is 1050 g/mol. The summed E-state index contributed by atoms with van der Waals surface area (Å²) in [5, 5.41) is 2.64. The molecular formula is C66H39F9N6. The van der Waals surface area contributed by atoms with E-state index in [-0.39, 0.29) is 17.2 Å². The van der Waals surface area contributed by atoms with Crippen LogP contribution >= 0.6 is 0 Å². The Labute approximate surface area is 455 Å². The highest BCUT2D eigenvalue weighted by Gasteiger charge is 2.39. The van der Waals surface area contributed by atoms with Crippen LogP contribution < -0.4 is 0 Å². The van der Waals surface area contributed by atoms with Gasteiger partial charge in [-0.15, -0.1) is 0 Å². The van der Waals surface area contributed by atoms with Crippen molar-refractivity contribution in [2.24, 2.45) is 0 Å². The Morgan fingerprint density at radius 2 is 0.790 bits per heavy atom. The van der Waals surface area contributed by atoms with Gasteiger partial charge in [-0.05, 0) is 108 Å². The van der Waals surface area contributed by atoms with Crippen molar-refractivity contribution in [1.82, 2.24) is 29.1 Å². The number of nitrogens with zero attached hydrogens (tertiary/aromatic N) is 6. The number of benzene rings is 9. The zero-order valence-electron chi connectivity index (χ0n) is 42.4. The second-order valence-electron chi connectivity index (χ2n) is 19.6. The van der Waals surface area contributed by atoms with E-state index in [2.05, 4.69) is 4.57 Å². The maximum absolute atomic E-state index is 14.7. The number of rotatable bonds is 8. The monoisotopic (exact) mass is 1090 g/mol. The van der Waals surface area contributed by atoms with E-state index in [1.54, 1.807) is 55.7 Å². The van der Waals surface area contributed by atoms with E-state index in [0.29, 0.717) is 95.4 Å². The molecule has 9 aromatic carbocycles. The summed E-state index contributed by atoms with van der Waals surface area (Å²) in [6.07, 6.45) is -11.4. The summed E-state index contributed by atoms with van der Waals surface area (Å²) in [6.45, 7) is 1.62. The van der Waals surface area contributed by atoms with Crippen LogP contribution in [-0.4, -0.2) is 29.1 Å². The van der Waals surface area contributed by atoms with Crippen molar-refractivity contribution in [3.63, 3.8) is 0 Å². The molecule has 13 rings (SSSR count). The maximum atomic E-state index is 14.7. The van der Waals surface area contributed by atoms with Gasteiger partial charge in [0.15, 0.2) is 17.5 Å². The van der Waals surface area contributed by atoms with Gasteiger partial charge in [0.25, 0.3) is 0 Å². The fourth-order valence-electron chi connectivity index (χ4n) is 11.0. The Hall–Kier alpha value is -9.89. The third kappa shape index (κ3) is 9.00. The van der Waals surface area contributed by atoms with Crippen molar-refractivity contribution in [1.29, 1.82) is 0 Å². The molecule has 13 aromatic rings. The number of halogens is 9. The minimum atomic E-state index is -5.11. The van der Waals surface area contributed by atoms with Crippen LogP contribution in [0.15, 0.2) is 219 Å². The smallest absolute Gasteiger partial charge is 0.309 e. The number of para-hydroxylation sites is 2. The lowest BCUT2D eigenvalue weighted by Crippen LogP contribution is -2.12. The van der Waals surface area contributed by atoms with Gasteiger partial charge in [-0.3, -0.25) is 4.98 Å². The average molecular weight is 1090 g/mol. The van der Waals surface area contributed by atoms with Gasteiger partial charge >= 0.3 is 18.5 Å². The molecule has 81 heavy (non-hydrogen) atoms. The predicted octanol–water partition coefficient (Wildman–Crippen LogP) is 18.8. The van der Waals surface area contributed by atoms with E-state index in [1.807, 2.05) is 138 Å². The van der Waals surface area contributed by atoms with Crippen molar-refractivity contribution >= 4 is 43.6 Å². The molecule has 4 aromatic heterocycles. The Balaban J connectivity index is 1.07. The summed E-state index contributed by atoms with van der Waals surface area (Å²) in [6, 6.07) is 57.6. The van der Waals surface area contributed by atoms with Crippen LogP contribution in [0.1, 0.15) is 22.3 Å². The van der Waals surface area contributed by atoms with E-state index < -0.39 is 40.8 Å². The molecule has 0 saturated carbocycles. The minimum absolute atomic E-state index is 0.0393. The maximum Gasteiger partial charge on any atom is 0.417 e. The highest BCUT2D eigenvalue weighted by molar-refractivity contribution is 6.13. The summed E-state index contributed by atoms with van der Waals surface area (Å²) in [5.41, 5.74) is 4.15. The number of alkyl halides is 9. The molecule has 0 fully saturated rings. The number of hydrogen-bond acceptors (Lipinski definition) is 4. The highest BCUT2D eigenvalue weighted by atomic mass is 19.4. The van der Waals surface area contributed by atoms with Crippen molar-refractivity contribution in [3.8, 4) is 78.9 Å². The summed E-state index contributed by atoms with van der Waals surface area (Å²) < 4.78 is 134. The second-order valence-corrected chi connectivity index (χ2v) is 19.6. The van der Waals surface area contributed by atoms with Gasteiger partial charge < -0.3 is 9.13 Å². The standard InChI is InChI=1S/C66H39F9N6/c1-38-20-25-45(53(32-38)65(70,71)72)41-21-27-57-49(33-41)47-16-8-10-18-55(47)80(57)59-29-23-43(63-78-61(39-12-4-2-5-13-39)77-62(79-63)40-14-6-3-7-15-40)35-51(59)52-37-76-31-30-60(52)81-56-19-11-9-17-48(56)50-34-42(22-28-58(50)81)46-26-24-44(64(67,68)69)36-54(46)66(73,74)75/h2-37H,1H3. The lowest BCUT2D eigenvalue weighted by molar-refractivity contribution is -0.143. The molecule has 0 atom stereocenters. The molecule has 0 aliphatic carbocycles. The Morgan fingerprint density at radius 3 is 1.32 bits per heavy atom. The molecule has 0 radical (unpaired) electrons. The zero-order valence-corrected chi connectivity index (χ0v) is 42.4. The Morgan fingerprint density at radius 1 is 0.333 bits per heavy atom. The van der Waals surface area contributed by atoms with Crippen LogP contribution in [0.3, 0.4) is 0 Å². The average Bonchev–Trinajstić information content (AvgIpc) is 4.10. The van der Waals surface area contributed by atoms with Crippen LogP contribution in [0.2, 0.25) is 0 Å². The van der Waals surface area contributed by atoms with Crippen LogP contribution in [0, 0.1) is 6.92 Å². The van der Waals surface area contributed by atoms with E-state index >= 15 is 0 Å². The molecule has 15 heteroatoms. The normalized spacial score (nSPS) is 12.3. The Bertz CT molecular complexity index is 4560. The van der Waals surface area contributed by atoms with Crippen molar-refractivity contribution in [3.05, 3.63) is 241 Å². The number of aromatic nitrogens is 6. The van der Waals surface area contributed by atoms with E-state index in [0.717, 1.165) is 34.2 Å². The SMILES string of the molecule is Cc1ccc(-c2ccc3c(c2)c2ccccc2n3-c2ccc(-c3nc(-c4ccccc4)nc(-c4ccccc4)n3)cc2-c2cnccc2-n2c3ccccc3c3cc(-c4ccc(C(F)(F)F)cc4C(F)(F)F)ccc32)c(C(F)(F)F)c1. The second kappa shape index (κ2) is 19.2. The number of hydrogen-bond donors (Lipinski definition) is 0. The quantitative estimate of drug-likeness (QED) is 0.142. The van der Waals surface area contributed by atoms with Crippen LogP contribution in [0.5, 0.6) is 0 Å². The first-order valence-corrected chi connectivity index (χ1v) is 25.5. The largest absolute Gasteiger partial charge is 0.417 e. The summed E-state index contributed by atoms with van der Waals surface area (Å²) in [4.78, 5) is 19.7. The summed E-state index contributed by atoms with van der Waals surface area (Å²) >= 11 is 0. The molecule has 6 nitrogen and oxygen atoms in total. The van der Waals surface area contributed by atoms with Crippen molar-refractivity contribution in [2.75, 3.05) is 0 Å². The van der Waals surface area contributed by atoms with Gasteiger partial charge in [-0.1, -0.05) is 133 Å². The highest BCUT2D eigenvalue weighted by Crippen LogP contribution is 2.46. The van der Waals surface area contributed by atoms with Gasteiger partial charge in [0.1, 0.15) is 0 Å². The number of aryl methyl sites for hydroxylation is 1. The van der Waals surface area contributed by atoms with Crippen molar-refractivity contribution in [2.45, 2.75) is 25.5 Å². The third-order valence-corrected chi connectivity index (χ3v) is 14.6. The molecule has 0 aliphatic rings. The third-order valence-electron chi connectivity index (χ3n) is 14.6.